The number of phosphoric acid groups is 2. The molecule has 0 aromatic heterocycles. The van der Waals surface area contributed by atoms with Crippen molar-refractivity contribution in [3.05, 3.63) is 11.8 Å². The molecule has 0 bridgehead atoms. The molecular formula is C4H11NO7P2. The van der Waals surface area contributed by atoms with E-state index in [4.69, 9.17) is 20.4 Å². The summed E-state index contributed by atoms with van der Waals surface area (Å²) in [5, 5.41) is 0. The monoisotopic (exact) mass is 247 g/mol. The van der Waals surface area contributed by atoms with Gasteiger partial charge in [0.05, 0.1) is 6.26 Å². The Morgan fingerprint density at radius 3 is 2.29 bits per heavy atom. The van der Waals surface area contributed by atoms with E-state index in [1.165, 1.54) is 6.92 Å². The third kappa shape index (κ3) is 7.23. The summed E-state index contributed by atoms with van der Waals surface area (Å²) in [4.78, 5) is 25.1. The van der Waals surface area contributed by atoms with E-state index in [-0.39, 0.29) is 6.54 Å². The van der Waals surface area contributed by atoms with Gasteiger partial charge >= 0.3 is 15.6 Å². The molecule has 0 radical (unpaired) electrons. The summed E-state index contributed by atoms with van der Waals surface area (Å²) in [6.45, 7) is 1.58. The average Bonchev–Trinajstić information content (AvgIpc) is 1.96. The minimum Gasteiger partial charge on any atom is -0.412 e. The van der Waals surface area contributed by atoms with Crippen LogP contribution in [0.4, 0.5) is 0 Å². The van der Waals surface area contributed by atoms with E-state index in [0.717, 1.165) is 6.26 Å². The first kappa shape index (κ1) is 13.8. The Morgan fingerprint density at radius 2 is 1.93 bits per heavy atom. The van der Waals surface area contributed by atoms with Crippen molar-refractivity contribution in [2.45, 2.75) is 6.92 Å². The zero-order valence-corrected chi connectivity index (χ0v) is 9.02. The van der Waals surface area contributed by atoms with Crippen LogP contribution in [0.2, 0.25) is 0 Å². The third-order valence-corrected chi connectivity index (χ3v) is 2.97. The second-order valence-electron chi connectivity index (χ2n) is 2.31. The lowest BCUT2D eigenvalue weighted by molar-refractivity contribution is 0.216. The van der Waals surface area contributed by atoms with Gasteiger partial charge in [0, 0.05) is 6.54 Å². The van der Waals surface area contributed by atoms with E-state index in [1.807, 2.05) is 0 Å². The van der Waals surface area contributed by atoms with Crippen LogP contribution >= 0.6 is 15.6 Å². The van der Waals surface area contributed by atoms with E-state index >= 15 is 0 Å². The summed E-state index contributed by atoms with van der Waals surface area (Å²) in [7, 11) is -9.83. The van der Waals surface area contributed by atoms with Crippen LogP contribution in [-0.4, -0.2) is 21.2 Å². The predicted octanol–water partition coefficient (Wildman–Crippen LogP) is 0.0752. The molecule has 84 valence electrons. The molecular weight excluding hydrogens is 236 g/mol. The molecule has 0 amide bonds. The molecule has 0 aliphatic rings. The molecule has 5 N–H and O–H groups in total. The van der Waals surface area contributed by atoms with Gasteiger partial charge in [-0.05, 0) is 12.5 Å². The first-order chi connectivity index (χ1) is 6.16. The quantitative estimate of drug-likeness (QED) is 0.395. The molecule has 0 saturated heterocycles. The first-order valence-electron chi connectivity index (χ1n) is 3.30. The number of hydrogen-bond acceptors (Lipinski definition) is 5. The Bertz CT molecular complexity index is 307. The maximum atomic E-state index is 10.8. The lowest BCUT2D eigenvalue weighted by Gasteiger charge is -2.10. The molecule has 0 aromatic carbocycles. The minimum atomic E-state index is -5.05. The molecule has 1 atom stereocenters. The number of nitrogens with two attached hydrogens (primary N) is 1. The molecule has 8 nitrogen and oxygen atoms in total. The van der Waals surface area contributed by atoms with E-state index in [2.05, 4.69) is 8.83 Å². The maximum Gasteiger partial charge on any atom is 0.535 e. The Kier molecular flexibility index (Phi) is 4.97. The SMILES string of the molecule is C/C(=C\OP(=O)(O)OP(=O)(O)O)CN. The van der Waals surface area contributed by atoms with Gasteiger partial charge in [-0.2, -0.15) is 4.31 Å². The van der Waals surface area contributed by atoms with Gasteiger partial charge in [0.1, 0.15) is 0 Å². The van der Waals surface area contributed by atoms with Gasteiger partial charge in [-0.15, -0.1) is 0 Å². The van der Waals surface area contributed by atoms with Crippen molar-refractivity contribution in [2.75, 3.05) is 6.54 Å². The Balaban J connectivity index is 4.37. The van der Waals surface area contributed by atoms with Gasteiger partial charge in [-0.3, -0.25) is 4.89 Å². The first-order valence-corrected chi connectivity index (χ1v) is 6.32. The maximum absolute atomic E-state index is 10.8. The zero-order valence-electron chi connectivity index (χ0n) is 7.23. The second kappa shape index (κ2) is 5.04. The van der Waals surface area contributed by atoms with Crippen LogP contribution in [0.1, 0.15) is 6.92 Å². The predicted molar refractivity (Wildman–Crippen MR) is 46.9 cm³/mol. The van der Waals surface area contributed by atoms with Crippen LogP contribution in [-0.2, 0) is 18.0 Å². The molecule has 0 rings (SSSR count). The standard InChI is InChI=1S/C4H11NO7P2/c1-4(2-5)3-11-14(9,10)12-13(6,7)8/h3H,2,5H2,1H3,(H,9,10)(H2,6,7,8)/b4-3+. The van der Waals surface area contributed by atoms with Crippen LogP contribution in [0, 0.1) is 0 Å². The van der Waals surface area contributed by atoms with Crippen molar-refractivity contribution in [1.82, 2.24) is 0 Å². The summed E-state index contributed by atoms with van der Waals surface area (Å²) >= 11 is 0. The molecule has 0 fully saturated rings. The number of hydrogen-bond donors (Lipinski definition) is 4. The topological polar surface area (TPSA) is 139 Å². The van der Waals surface area contributed by atoms with Crippen molar-refractivity contribution >= 4 is 15.6 Å². The molecule has 0 aromatic rings. The molecule has 0 heterocycles. The summed E-state index contributed by atoms with van der Waals surface area (Å²) < 4.78 is 28.6. The lowest BCUT2D eigenvalue weighted by Crippen LogP contribution is -2.00. The highest BCUT2D eigenvalue weighted by Crippen LogP contribution is 2.57. The molecule has 10 heteroatoms. The van der Waals surface area contributed by atoms with Crippen LogP contribution in [0.15, 0.2) is 11.8 Å². The fraction of sp³-hybridized carbons (Fsp3) is 0.500. The van der Waals surface area contributed by atoms with Crippen molar-refractivity contribution in [3.63, 3.8) is 0 Å². The molecule has 0 aliphatic heterocycles. The van der Waals surface area contributed by atoms with Gasteiger partial charge in [-0.25, -0.2) is 9.13 Å². The minimum absolute atomic E-state index is 0.0793. The van der Waals surface area contributed by atoms with E-state index < -0.39 is 15.6 Å². The molecule has 0 aliphatic carbocycles. The van der Waals surface area contributed by atoms with Crippen LogP contribution in [0.5, 0.6) is 0 Å². The van der Waals surface area contributed by atoms with E-state index in [0.29, 0.717) is 5.57 Å². The average molecular weight is 247 g/mol. The van der Waals surface area contributed by atoms with Crippen molar-refractivity contribution in [3.8, 4) is 0 Å². The van der Waals surface area contributed by atoms with E-state index in [9.17, 15) is 9.13 Å². The molecule has 14 heavy (non-hydrogen) atoms. The fourth-order valence-corrected chi connectivity index (χ4v) is 1.90. The zero-order chi connectivity index (χ0) is 11.4. The fourth-order valence-electron chi connectivity index (χ4n) is 0.358. The lowest BCUT2D eigenvalue weighted by atomic mass is 10.4. The Hall–Kier alpha value is -0.200. The van der Waals surface area contributed by atoms with Gasteiger partial charge in [0.25, 0.3) is 0 Å². The van der Waals surface area contributed by atoms with Crippen LogP contribution in [0.25, 0.3) is 0 Å². The van der Waals surface area contributed by atoms with Gasteiger partial charge < -0.3 is 20.0 Å². The second-order valence-corrected chi connectivity index (χ2v) is 5.10. The number of rotatable bonds is 5. The summed E-state index contributed by atoms with van der Waals surface area (Å²) in [5.74, 6) is 0. The molecule has 0 saturated carbocycles. The van der Waals surface area contributed by atoms with Crippen LogP contribution < -0.4 is 5.73 Å². The van der Waals surface area contributed by atoms with E-state index in [1.54, 1.807) is 0 Å². The number of phosphoric ester groups is 1. The Morgan fingerprint density at radius 1 is 1.43 bits per heavy atom. The normalized spacial score (nSPS) is 17.6. The highest BCUT2D eigenvalue weighted by molar-refractivity contribution is 7.60. The van der Waals surface area contributed by atoms with Gasteiger partial charge in [-0.1, -0.05) is 0 Å². The van der Waals surface area contributed by atoms with Crippen molar-refractivity contribution in [2.24, 2.45) is 5.73 Å². The van der Waals surface area contributed by atoms with Crippen LogP contribution in [0.3, 0.4) is 0 Å². The highest BCUT2D eigenvalue weighted by Gasteiger charge is 2.32. The molecule has 0 spiro atoms. The Labute approximate surface area is 80.2 Å². The summed E-state index contributed by atoms with van der Waals surface area (Å²) in [6, 6.07) is 0. The highest BCUT2D eigenvalue weighted by atomic mass is 31.3. The van der Waals surface area contributed by atoms with Gasteiger partial charge in [0.15, 0.2) is 0 Å². The summed E-state index contributed by atoms with van der Waals surface area (Å²) in [6.07, 6.45) is 0.802. The van der Waals surface area contributed by atoms with Crippen molar-refractivity contribution < 1.29 is 32.6 Å². The molecule has 1 unspecified atom stereocenters. The third-order valence-electron chi connectivity index (χ3n) is 0.919. The summed E-state index contributed by atoms with van der Waals surface area (Å²) in [5.41, 5.74) is 5.53. The smallest absolute Gasteiger partial charge is 0.412 e. The van der Waals surface area contributed by atoms with Gasteiger partial charge in [0.2, 0.25) is 0 Å². The largest absolute Gasteiger partial charge is 0.535 e. The van der Waals surface area contributed by atoms with Crippen molar-refractivity contribution in [1.29, 1.82) is 0 Å².